The number of rotatable bonds is 3. The molecular formula is C16H15N3O3. The summed E-state index contributed by atoms with van der Waals surface area (Å²) < 4.78 is 6.44. The zero-order valence-corrected chi connectivity index (χ0v) is 12.3. The molecule has 2 heterocycles. The zero-order valence-electron chi connectivity index (χ0n) is 12.3. The van der Waals surface area contributed by atoms with Crippen LogP contribution in [0.5, 0.6) is 0 Å². The molecule has 0 aliphatic rings. The van der Waals surface area contributed by atoms with Crippen LogP contribution >= 0.6 is 0 Å². The van der Waals surface area contributed by atoms with Crippen LogP contribution in [0.25, 0.3) is 10.8 Å². The molecule has 22 heavy (non-hydrogen) atoms. The van der Waals surface area contributed by atoms with Gasteiger partial charge in [-0.1, -0.05) is 18.2 Å². The van der Waals surface area contributed by atoms with E-state index >= 15 is 0 Å². The van der Waals surface area contributed by atoms with Crippen LogP contribution in [-0.4, -0.2) is 27.6 Å². The minimum Gasteiger partial charge on any atom is -0.467 e. The molecule has 3 aromatic rings. The van der Waals surface area contributed by atoms with Crippen molar-refractivity contribution < 1.29 is 9.21 Å². The molecule has 3 rings (SSSR count). The van der Waals surface area contributed by atoms with Gasteiger partial charge in [-0.15, -0.1) is 0 Å². The van der Waals surface area contributed by atoms with E-state index in [-0.39, 0.29) is 17.2 Å². The Morgan fingerprint density at radius 3 is 2.64 bits per heavy atom. The van der Waals surface area contributed by atoms with Gasteiger partial charge in [0.1, 0.15) is 5.76 Å². The lowest BCUT2D eigenvalue weighted by atomic mass is 10.1. The van der Waals surface area contributed by atoms with Crippen LogP contribution in [0, 0.1) is 0 Å². The quantitative estimate of drug-likeness (QED) is 0.739. The molecule has 1 amide bonds. The van der Waals surface area contributed by atoms with E-state index in [9.17, 15) is 9.59 Å². The number of fused-ring (bicyclic) bond motifs is 1. The molecule has 0 spiro atoms. The highest BCUT2D eigenvalue weighted by molar-refractivity contribution is 6.04. The van der Waals surface area contributed by atoms with Crippen molar-refractivity contribution >= 4 is 16.7 Å². The predicted octanol–water partition coefficient (Wildman–Crippen LogP) is 1.80. The van der Waals surface area contributed by atoms with Gasteiger partial charge in [-0.25, -0.2) is 4.68 Å². The fourth-order valence-electron chi connectivity index (χ4n) is 2.35. The smallest absolute Gasteiger partial charge is 0.275 e. The van der Waals surface area contributed by atoms with E-state index in [2.05, 4.69) is 5.10 Å². The maximum absolute atomic E-state index is 12.7. The Labute approximate surface area is 126 Å². The van der Waals surface area contributed by atoms with Crippen molar-refractivity contribution in [3.63, 3.8) is 0 Å². The molecule has 0 bridgehead atoms. The molecule has 6 heteroatoms. The second kappa shape index (κ2) is 5.48. The second-order valence-electron chi connectivity index (χ2n) is 5.06. The SMILES string of the molecule is CN(Cc1ccco1)C(=O)c1nn(C)c(=O)c2ccccc12. The summed E-state index contributed by atoms with van der Waals surface area (Å²) in [5, 5.41) is 5.17. The highest BCUT2D eigenvalue weighted by atomic mass is 16.3. The van der Waals surface area contributed by atoms with E-state index < -0.39 is 0 Å². The van der Waals surface area contributed by atoms with Crippen molar-refractivity contribution in [2.75, 3.05) is 7.05 Å². The third kappa shape index (κ3) is 2.39. The Balaban J connectivity index is 2.04. The van der Waals surface area contributed by atoms with Gasteiger partial charge in [0.15, 0.2) is 5.69 Å². The first-order valence-electron chi connectivity index (χ1n) is 6.82. The number of aromatic nitrogens is 2. The molecule has 1 aromatic carbocycles. The zero-order chi connectivity index (χ0) is 15.7. The van der Waals surface area contributed by atoms with E-state index in [1.165, 1.54) is 16.6 Å². The standard InChI is InChI=1S/C16H15N3O3/c1-18(10-11-6-5-9-22-11)16(21)14-12-7-3-4-8-13(12)15(20)19(2)17-14/h3-9H,10H2,1-2H3. The lowest BCUT2D eigenvalue weighted by Crippen LogP contribution is -2.30. The van der Waals surface area contributed by atoms with E-state index in [0.29, 0.717) is 23.1 Å². The monoisotopic (exact) mass is 297 g/mol. The van der Waals surface area contributed by atoms with Gasteiger partial charge in [0, 0.05) is 19.5 Å². The summed E-state index contributed by atoms with van der Waals surface area (Å²) in [5.41, 5.74) is 0.0348. The lowest BCUT2D eigenvalue weighted by Gasteiger charge is -2.16. The summed E-state index contributed by atoms with van der Waals surface area (Å²) in [7, 11) is 3.21. The maximum Gasteiger partial charge on any atom is 0.275 e. The molecule has 0 saturated carbocycles. The fraction of sp³-hybridized carbons (Fsp3) is 0.188. The van der Waals surface area contributed by atoms with Crippen molar-refractivity contribution in [1.82, 2.24) is 14.7 Å². The first-order valence-corrected chi connectivity index (χ1v) is 6.82. The van der Waals surface area contributed by atoms with Crippen LogP contribution in [0.1, 0.15) is 16.2 Å². The molecule has 0 aliphatic heterocycles. The number of amides is 1. The van der Waals surface area contributed by atoms with Crippen LogP contribution in [0.3, 0.4) is 0 Å². The van der Waals surface area contributed by atoms with Gasteiger partial charge in [0.2, 0.25) is 0 Å². The number of aryl methyl sites for hydroxylation is 1. The van der Waals surface area contributed by atoms with Crippen LogP contribution in [0.2, 0.25) is 0 Å². The Kier molecular flexibility index (Phi) is 3.50. The Hall–Kier alpha value is -2.89. The van der Waals surface area contributed by atoms with Gasteiger partial charge >= 0.3 is 0 Å². The first-order chi connectivity index (χ1) is 10.6. The predicted molar refractivity (Wildman–Crippen MR) is 81.5 cm³/mol. The number of nitrogens with zero attached hydrogens (tertiary/aromatic N) is 3. The minimum absolute atomic E-state index is 0.221. The lowest BCUT2D eigenvalue weighted by molar-refractivity contribution is 0.0769. The molecule has 2 aromatic heterocycles. The number of benzene rings is 1. The summed E-state index contributed by atoms with van der Waals surface area (Å²) in [5.74, 6) is 0.424. The molecule has 0 unspecified atom stereocenters. The fourth-order valence-corrected chi connectivity index (χ4v) is 2.35. The number of furan rings is 1. The number of hydrogen-bond acceptors (Lipinski definition) is 4. The van der Waals surface area contributed by atoms with Gasteiger partial charge in [-0.05, 0) is 18.2 Å². The van der Waals surface area contributed by atoms with Crippen LogP contribution in [-0.2, 0) is 13.6 Å². The van der Waals surface area contributed by atoms with Crippen molar-refractivity contribution in [2.45, 2.75) is 6.54 Å². The number of carbonyl (C=O) groups is 1. The van der Waals surface area contributed by atoms with Gasteiger partial charge in [-0.3, -0.25) is 9.59 Å². The van der Waals surface area contributed by atoms with E-state index in [1.54, 1.807) is 49.7 Å². The molecule has 0 aliphatic carbocycles. The van der Waals surface area contributed by atoms with E-state index in [0.717, 1.165) is 0 Å². The molecule has 0 fully saturated rings. The van der Waals surface area contributed by atoms with Gasteiger partial charge in [-0.2, -0.15) is 5.10 Å². The number of hydrogen-bond donors (Lipinski definition) is 0. The number of carbonyl (C=O) groups excluding carboxylic acids is 1. The molecule has 0 atom stereocenters. The third-order valence-corrected chi connectivity index (χ3v) is 3.48. The summed E-state index contributed by atoms with van der Waals surface area (Å²) in [4.78, 5) is 26.3. The summed E-state index contributed by atoms with van der Waals surface area (Å²) in [6.45, 7) is 0.338. The van der Waals surface area contributed by atoms with Crippen molar-refractivity contribution in [3.8, 4) is 0 Å². The van der Waals surface area contributed by atoms with E-state index in [4.69, 9.17) is 4.42 Å². The largest absolute Gasteiger partial charge is 0.467 e. The first kappa shape index (κ1) is 14.1. The van der Waals surface area contributed by atoms with Crippen LogP contribution in [0.4, 0.5) is 0 Å². The van der Waals surface area contributed by atoms with Crippen molar-refractivity contribution in [1.29, 1.82) is 0 Å². The molecule has 112 valence electrons. The molecule has 0 radical (unpaired) electrons. The van der Waals surface area contributed by atoms with Crippen LogP contribution in [0.15, 0.2) is 51.9 Å². The molecular weight excluding hydrogens is 282 g/mol. The molecule has 0 N–H and O–H groups in total. The average molecular weight is 297 g/mol. The minimum atomic E-state index is -0.261. The van der Waals surface area contributed by atoms with Crippen LogP contribution < -0.4 is 5.56 Å². The molecule has 6 nitrogen and oxygen atoms in total. The average Bonchev–Trinajstić information content (AvgIpc) is 3.03. The summed E-state index contributed by atoms with van der Waals surface area (Å²) >= 11 is 0. The Morgan fingerprint density at radius 1 is 1.23 bits per heavy atom. The summed E-state index contributed by atoms with van der Waals surface area (Å²) in [6, 6.07) is 10.6. The maximum atomic E-state index is 12.7. The van der Waals surface area contributed by atoms with Crippen molar-refractivity contribution in [3.05, 3.63) is 64.5 Å². The summed E-state index contributed by atoms with van der Waals surface area (Å²) in [6.07, 6.45) is 1.56. The topological polar surface area (TPSA) is 68.3 Å². The van der Waals surface area contributed by atoms with Gasteiger partial charge < -0.3 is 9.32 Å². The third-order valence-electron chi connectivity index (χ3n) is 3.48. The highest BCUT2D eigenvalue weighted by Crippen LogP contribution is 2.15. The van der Waals surface area contributed by atoms with Crippen molar-refractivity contribution in [2.24, 2.45) is 7.05 Å². The van der Waals surface area contributed by atoms with Gasteiger partial charge in [0.05, 0.1) is 18.2 Å². The molecule has 0 saturated heterocycles. The van der Waals surface area contributed by atoms with E-state index in [1.807, 2.05) is 0 Å². The highest BCUT2D eigenvalue weighted by Gasteiger charge is 2.19. The van der Waals surface area contributed by atoms with Gasteiger partial charge in [0.25, 0.3) is 11.5 Å². The normalized spacial score (nSPS) is 10.8. The Morgan fingerprint density at radius 2 is 1.95 bits per heavy atom. The second-order valence-corrected chi connectivity index (χ2v) is 5.06. The Bertz CT molecular complexity index is 881.